The van der Waals surface area contributed by atoms with Gasteiger partial charge in [-0.05, 0) is 48.2 Å². The minimum Gasteiger partial charge on any atom is -0.497 e. The van der Waals surface area contributed by atoms with Gasteiger partial charge in [-0.1, -0.05) is 35.9 Å². The molecule has 7 nitrogen and oxygen atoms in total. The summed E-state index contributed by atoms with van der Waals surface area (Å²) in [6, 6.07) is 14.1. The minimum absolute atomic E-state index is 0.00908. The number of methoxy groups -OCH3 is 1. The fourth-order valence-corrected chi connectivity index (χ4v) is 4.22. The van der Waals surface area contributed by atoms with E-state index in [1.807, 2.05) is 24.3 Å². The van der Waals surface area contributed by atoms with Crippen LogP contribution in [0.1, 0.15) is 24.0 Å². The SMILES string of the molecule is COc1ccc(CC(=O)N2CCC3(CC2)NC(=O)N(Cc2ccc(Cl)cc2)C3=O)cc1. The zero-order valence-electron chi connectivity index (χ0n) is 17.3. The van der Waals surface area contributed by atoms with Gasteiger partial charge in [0.2, 0.25) is 5.91 Å². The molecule has 8 heteroatoms. The number of nitrogens with zero attached hydrogens (tertiary/aromatic N) is 2. The van der Waals surface area contributed by atoms with Crippen LogP contribution in [0, 0.1) is 0 Å². The second kappa shape index (κ2) is 8.59. The fourth-order valence-electron chi connectivity index (χ4n) is 4.10. The van der Waals surface area contributed by atoms with Gasteiger partial charge in [0.25, 0.3) is 5.91 Å². The van der Waals surface area contributed by atoms with Crippen LogP contribution < -0.4 is 10.1 Å². The van der Waals surface area contributed by atoms with E-state index in [1.165, 1.54) is 4.90 Å². The van der Waals surface area contributed by atoms with Crippen molar-refractivity contribution in [1.82, 2.24) is 15.1 Å². The normalized spacial score (nSPS) is 17.7. The van der Waals surface area contributed by atoms with Gasteiger partial charge in [0.1, 0.15) is 11.3 Å². The highest BCUT2D eigenvalue weighted by Crippen LogP contribution is 2.31. The van der Waals surface area contributed by atoms with Crippen molar-refractivity contribution < 1.29 is 19.1 Å². The van der Waals surface area contributed by atoms with E-state index >= 15 is 0 Å². The maximum atomic E-state index is 13.1. The zero-order valence-corrected chi connectivity index (χ0v) is 18.0. The van der Waals surface area contributed by atoms with Crippen LogP contribution in [0.3, 0.4) is 0 Å². The van der Waals surface area contributed by atoms with Gasteiger partial charge in [-0.3, -0.25) is 14.5 Å². The van der Waals surface area contributed by atoms with E-state index < -0.39 is 11.6 Å². The van der Waals surface area contributed by atoms with Gasteiger partial charge in [0, 0.05) is 18.1 Å². The van der Waals surface area contributed by atoms with Crippen molar-refractivity contribution in [3.8, 4) is 5.75 Å². The summed E-state index contributed by atoms with van der Waals surface area (Å²) < 4.78 is 5.14. The maximum Gasteiger partial charge on any atom is 0.325 e. The van der Waals surface area contributed by atoms with E-state index in [0.29, 0.717) is 37.4 Å². The first kappa shape index (κ1) is 21.2. The Morgan fingerprint density at radius 3 is 2.26 bits per heavy atom. The van der Waals surface area contributed by atoms with Crippen LogP contribution >= 0.6 is 11.6 Å². The van der Waals surface area contributed by atoms with Crippen LogP contribution in [0.4, 0.5) is 4.79 Å². The molecular formula is C23H24ClN3O4. The van der Waals surface area contributed by atoms with Crippen LogP contribution in [0.5, 0.6) is 5.75 Å². The van der Waals surface area contributed by atoms with Crippen LogP contribution in [0.25, 0.3) is 0 Å². The van der Waals surface area contributed by atoms with E-state index in [4.69, 9.17) is 16.3 Å². The average molecular weight is 442 g/mol. The van der Waals surface area contributed by atoms with Gasteiger partial charge >= 0.3 is 6.03 Å². The van der Waals surface area contributed by atoms with Gasteiger partial charge in [0.05, 0.1) is 20.1 Å². The lowest BCUT2D eigenvalue weighted by Crippen LogP contribution is -2.56. The van der Waals surface area contributed by atoms with Crippen LogP contribution in [0.15, 0.2) is 48.5 Å². The first-order valence-corrected chi connectivity index (χ1v) is 10.6. The lowest BCUT2D eigenvalue weighted by Gasteiger charge is -2.37. The van der Waals surface area contributed by atoms with Gasteiger partial charge in [-0.15, -0.1) is 0 Å². The van der Waals surface area contributed by atoms with Crippen LogP contribution in [0.2, 0.25) is 5.02 Å². The van der Waals surface area contributed by atoms with Gasteiger partial charge in [-0.2, -0.15) is 0 Å². The number of likely N-dealkylation sites (tertiary alicyclic amines) is 1. The third-order valence-corrected chi connectivity index (χ3v) is 6.24. The molecule has 2 saturated heterocycles. The number of hydrogen-bond donors (Lipinski definition) is 1. The summed E-state index contributed by atoms with van der Waals surface area (Å²) >= 11 is 5.91. The largest absolute Gasteiger partial charge is 0.497 e. The van der Waals surface area contributed by atoms with E-state index in [1.54, 1.807) is 36.3 Å². The quantitative estimate of drug-likeness (QED) is 0.723. The molecule has 2 aromatic carbocycles. The number of halogens is 1. The molecule has 0 atom stereocenters. The molecule has 0 bridgehead atoms. The Kier molecular flexibility index (Phi) is 5.87. The number of rotatable bonds is 5. The number of piperidine rings is 1. The Morgan fingerprint density at radius 2 is 1.65 bits per heavy atom. The first-order valence-electron chi connectivity index (χ1n) is 10.2. The summed E-state index contributed by atoms with van der Waals surface area (Å²) in [5.41, 5.74) is 0.808. The molecule has 2 heterocycles. The van der Waals surface area contributed by atoms with Crippen molar-refractivity contribution in [3.05, 3.63) is 64.7 Å². The summed E-state index contributed by atoms with van der Waals surface area (Å²) in [5, 5.41) is 3.48. The monoisotopic (exact) mass is 441 g/mol. The van der Waals surface area contributed by atoms with Gasteiger partial charge in [-0.25, -0.2) is 4.79 Å². The Labute approximate surface area is 185 Å². The smallest absolute Gasteiger partial charge is 0.325 e. The molecule has 1 spiro atoms. The number of carbonyl (C=O) groups excluding carboxylic acids is 3. The van der Waals surface area contributed by atoms with E-state index in [0.717, 1.165) is 16.9 Å². The van der Waals surface area contributed by atoms with E-state index in [9.17, 15) is 14.4 Å². The number of amides is 4. The zero-order chi connectivity index (χ0) is 22.0. The summed E-state index contributed by atoms with van der Waals surface area (Å²) in [5.74, 6) is 0.527. The maximum absolute atomic E-state index is 13.1. The highest BCUT2D eigenvalue weighted by Gasteiger charge is 2.52. The number of imide groups is 1. The molecule has 0 aromatic heterocycles. The molecule has 0 radical (unpaired) electrons. The topological polar surface area (TPSA) is 79.0 Å². The molecule has 2 fully saturated rings. The molecule has 0 unspecified atom stereocenters. The van der Waals surface area contributed by atoms with Crippen molar-refractivity contribution in [3.63, 3.8) is 0 Å². The average Bonchev–Trinajstić information content (AvgIpc) is 3.00. The molecule has 2 aromatic rings. The molecular weight excluding hydrogens is 418 g/mol. The molecule has 2 aliphatic rings. The lowest BCUT2D eigenvalue weighted by molar-refractivity contribution is -0.138. The summed E-state index contributed by atoms with van der Waals surface area (Å²) in [6.45, 7) is 1.05. The van der Waals surface area contributed by atoms with E-state index in [-0.39, 0.29) is 18.4 Å². The number of nitrogens with one attached hydrogen (secondary N) is 1. The van der Waals surface area contributed by atoms with E-state index in [2.05, 4.69) is 5.32 Å². The molecule has 162 valence electrons. The van der Waals surface area contributed by atoms with Crippen LogP contribution in [-0.2, 0) is 22.6 Å². The molecule has 0 saturated carbocycles. The highest BCUT2D eigenvalue weighted by atomic mass is 35.5. The minimum atomic E-state index is -0.930. The Bertz CT molecular complexity index is 983. The van der Waals surface area contributed by atoms with Crippen molar-refractivity contribution in [2.75, 3.05) is 20.2 Å². The Hall–Kier alpha value is -3.06. The molecule has 0 aliphatic carbocycles. The van der Waals surface area contributed by atoms with Crippen molar-refractivity contribution in [1.29, 1.82) is 0 Å². The fraction of sp³-hybridized carbons (Fsp3) is 0.348. The third-order valence-electron chi connectivity index (χ3n) is 5.98. The predicted octanol–water partition coefficient (Wildman–Crippen LogP) is 3.00. The molecule has 31 heavy (non-hydrogen) atoms. The van der Waals surface area contributed by atoms with Crippen LogP contribution in [-0.4, -0.2) is 53.4 Å². The van der Waals surface area contributed by atoms with Gasteiger partial charge < -0.3 is 15.0 Å². The number of urea groups is 1. The predicted molar refractivity (Wildman–Crippen MR) is 116 cm³/mol. The second-order valence-electron chi connectivity index (χ2n) is 7.94. The Balaban J connectivity index is 1.36. The summed E-state index contributed by atoms with van der Waals surface area (Å²) in [7, 11) is 1.60. The summed E-state index contributed by atoms with van der Waals surface area (Å²) in [4.78, 5) is 41.3. The highest BCUT2D eigenvalue weighted by molar-refractivity contribution is 6.30. The first-order chi connectivity index (χ1) is 14.9. The van der Waals surface area contributed by atoms with Crippen molar-refractivity contribution in [2.45, 2.75) is 31.3 Å². The lowest BCUT2D eigenvalue weighted by atomic mass is 9.87. The number of ether oxygens (including phenoxy) is 1. The van der Waals surface area contributed by atoms with Crippen molar-refractivity contribution in [2.24, 2.45) is 0 Å². The van der Waals surface area contributed by atoms with Gasteiger partial charge in [0.15, 0.2) is 0 Å². The van der Waals surface area contributed by atoms with Crippen molar-refractivity contribution >= 4 is 29.4 Å². The summed E-state index contributed by atoms with van der Waals surface area (Å²) in [6.07, 6.45) is 1.10. The molecule has 4 amide bonds. The molecule has 2 aliphatic heterocycles. The third kappa shape index (κ3) is 4.37. The second-order valence-corrected chi connectivity index (χ2v) is 8.37. The number of hydrogen-bond acceptors (Lipinski definition) is 4. The number of benzene rings is 2. The molecule has 4 rings (SSSR count). The Morgan fingerprint density at radius 1 is 1.03 bits per heavy atom. The number of carbonyl (C=O) groups is 3. The molecule has 1 N–H and O–H groups in total. The standard InChI is InChI=1S/C23H24ClN3O4/c1-31-19-8-4-16(5-9-19)14-20(28)26-12-10-23(11-13-26)21(29)27(22(30)25-23)15-17-2-6-18(24)7-3-17/h2-9H,10-15H2,1H3,(H,25,30).